The highest BCUT2D eigenvalue weighted by Crippen LogP contribution is 2.18. The molecule has 0 radical (unpaired) electrons. The summed E-state index contributed by atoms with van der Waals surface area (Å²) >= 11 is 1.45. The van der Waals surface area contributed by atoms with Gasteiger partial charge in [0.1, 0.15) is 11.5 Å². The molecule has 1 N–H and O–H groups in total. The number of carbonyl (C=O) groups excluding carboxylic acids is 1. The molecule has 0 aliphatic carbocycles. The van der Waals surface area contributed by atoms with E-state index in [-0.39, 0.29) is 17.4 Å². The highest BCUT2D eigenvalue weighted by atomic mass is 32.2. The smallest absolute Gasteiger partial charge is 0.387 e. The minimum absolute atomic E-state index is 0.0513. The minimum atomic E-state index is -2.86. The Morgan fingerprint density at radius 1 is 1.04 bits per heavy atom. The Bertz CT molecular complexity index is 623. The summed E-state index contributed by atoms with van der Waals surface area (Å²) in [6, 6.07) is 15.2. The fraction of sp³-hybridized carbons (Fsp3) is 0.235. The van der Waals surface area contributed by atoms with E-state index in [0.29, 0.717) is 18.0 Å². The van der Waals surface area contributed by atoms with Crippen molar-refractivity contribution in [3.8, 4) is 11.5 Å². The third-order valence-corrected chi connectivity index (χ3v) is 3.76. The highest BCUT2D eigenvalue weighted by molar-refractivity contribution is 7.99. The lowest BCUT2D eigenvalue weighted by Crippen LogP contribution is -2.15. The van der Waals surface area contributed by atoms with Crippen molar-refractivity contribution in [3.05, 3.63) is 54.6 Å². The van der Waals surface area contributed by atoms with Crippen LogP contribution >= 0.6 is 11.8 Å². The molecule has 0 unspecified atom stereocenters. The number of hydrogen-bond donors (Lipinski definition) is 1. The first-order valence-electron chi connectivity index (χ1n) is 7.24. The Morgan fingerprint density at radius 3 is 2.42 bits per heavy atom. The van der Waals surface area contributed by atoms with E-state index >= 15 is 0 Å². The lowest BCUT2D eigenvalue weighted by atomic mass is 10.3. The zero-order valence-corrected chi connectivity index (χ0v) is 13.6. The number of amides is 1. The van der Waals surface area contributed by atoms with Crippen LogP contribution in [0.5, 0.6) is 11.5 Å². The molecule has 0 bridgehead atoms. The van der Waals surface area contributed by atoms with Crippen molar-refractivity contribution < 1.29 is 23.0 Å². The number of rotatable bonds is 9. The van der Waals surface area contributed by atoms with E-state index in [9.17, 15) is 13.6 Å². The van der Waals surface area contributed by atoms with Gasteiger partial charge in [-0.3, -0.25) is 4.79 Å². The third kappa shape index (κ3) is 6.87. The average molecular weight is 353 g/mol. The van der Waals surface area contributed by atoms with Crippen molar-refractivity contribution in [1.82, 2.24) is 0 Å². The molecule has 0 fully saturated rings. The van der Waals surface area contributed by atoms with Crippen LogP contribution < -0.4 is 14.8 Å². The number of anilines is 1. The summed E-state index contributed by atoms with van der Waals surface area (Å²) in [5, 5.41) is 2.69. The van der Waals surface area contributed by atoms with E-state index in [1.807, 2.05) is 30.3 Å². The fourth-order valence-corrected chi connectivity index (χ4v) is 2.42. The third-order valence-electron chi connectivity index (χ3n) is 2.84. The molecule has 0 saturated heterocycles. The highest BCUT2D eigenvalue weighted by Gasteiger charge is 2.06. The molecule has 1 amide bonds. The van der Waals surface area contributed by atoms with Crippen LogP contribution in [0.25, 0.3) is 0 Å². The minimum Gasteiger partial charge on any atom is -0.493 e. The molecule has 0 spiro atoms. The fourth-order valence-electron chi connectivity index (χ4n) is 1.82. The lowest BCUT2D eigenvalue weighted by Gasteiger charge is -2.08. The summed E-state index contributed by atoms with van der Waals surface area (Å²) in [6.45, 7) is -2.35. The van der Waals surface area contributed by atoms with Crippen LogP contribution in [-0.4, -0.2) is 30.6 Å². The summed E-state index contributed by atoms with van der Waals surface area (Å²) in [4.78, 5) is 11.8. The molecule has 7 heteroatoms. The van der Waals surface area contributed by atoms with Crippen molar-refractivity contribution in [2.24, 2.45) is 0 Å². The van der Waals surface area contributed by atoms with Gasteiger partial charge in [0.25, 0.3) is 0 Å². The van der Waals surface area contributed by atoms with Gasteiger partial charge in [-0.15, -0.1) is 11.8 Å². The van der Waals surface area contributed by atoms with E-state index < -0.39 is 6.61 Å². The second kappa shape index (κ2) is 9.77. The molecule has 128 valence electrons. The summed E-state index contributed by atoms with van der Waals surface area (Å²) in [6.07, 6.45) is 0. The summed E-state index contributed by atoms with van der Waals surface area (Å²) in [7, 11) is 0. The average Bonchev–Trinajstić information content (AvgIpc) is 2.57. The maximum atomic E-state index is 12.0. The van der Waals surface area contributed by atoms with Crippen molar-refractivity contribution in [3.63, 3.8) is 0 Å². The molecule has 0 aliphatic rings. The number of ether oxygens (including phenoxy) is 2. The Labute approximate surface area is 143 Å². The Kier molecular flexibility index (Phi) is 7.35. The first-order chi connectivity index (χ1) is 11.6. The number of halogens is 2. The van der Waals surface area contributed by atoms with Gasteiger partial charge in [0.2, 0.25) is 5.91 Å². The van der Waals surface area contributed by atoms with E-state index in [2.05, 4.69) is 10.1 Å². The second-order valence-electron chi connectivity index (χ2n) is 4.67. The molecule has 2 rings (SSSR count). The number of benzene rings is 2. The molecule has 24 heavy (non-hydrogen) atoms. The predicted molar refractivity (Wildman–Crippen MR) is 91.0 cm³/mol. The van der Waals surface area contributed by atoms with E-state index in [0.717, 1.165) is 5.75 Å². The van der Waals surface area contributed by atoms with Gasteiger partial charge in [0.15, 0.2) is 0 Å². The normalized spacial score (nSPS) is 10.5. The van der Waals surface area contributed by atoms with Crippen LogP contribution in [0.1, 0.15) is 0 Å². The van der Waals surface area contributed by atoms with Gasteiger partial charge in [0, 0.05) is 11.4 Å². The molecule has 4 nitrogen and oxygen atoms in total. The van der Waals surface area contributed by atoms with Gasteiger partial charge in [-0.05, 0) is 36.4 Å². The largest absolute Gasteiger partial charge is 0.493 e. The molecule has 0 aliphatic heterocycles. The Balaban J connectivity index is 1.62. The van der Waals surface area contributed by atoms with Gasteiger partial charge < -0.3 is 14.8 Å². The topological polar surface area (TPSA) is 47.6 Å². The van der Waals surface area contributed by atoms with E-state index in [1.165, 1.54) is 36.0 Å². The summed E-state index contributed by atoms with van der Waals surface area (Å²) < 4.78 is 33.8. The maximum absolute atomic E-state index is 12.0. The summed E-state index contributed by atoms with van der Waals surface area (Å²) in [5.74, 6) is 1.66. The number of carbonyl (C=O) groups is 1. The van der Waals surface area contributed by atoms with Crippen molar-refractivity contribution >= 4 is 23.4 Å². The number of para-hydroxylation sites is 1. The predicted octanol–water partition coefficient (Wildman–Crippen LogP) is 4.04. The zero-order chi connectivity index (χ0) is 17.2. The first kappa shape index (κ1) is 18.1. The van der Waals surface area contributed by atoms with Gasteiger partial charge in [-0.1, -0.05) is 18.2 Å². The monoisotopic (exact) mass is 353 g/mol. The molecular formula is C17H17F2NO3S. The summed E-state index contributed by atoms with van der Waals surface area (Å²) in [5.41, 5.74) is 0.530. The molecule has 0 aromatic heterocycles. The van der Waals surface area contributed by atoms with Gasteiger partial charge in [-0.25, -0.2) is 0 Å². The maximum Gasteiger partial charge on any atom is 0.387 e. The molecule has 0 saturated carbocycles. The molecular weight excluding hydrogens is 336 g/mol. The van der Waals surface area contributed by atoms with Crippen LogP contribution in [-0.2, 0) is 4.79 Å². The zero-order valence-electron chi connectivity index (χ0n) is 12.8. The number of thioether (sulfide) groups is 1. The second-order valence-corrected chi connectivity index (χ2v) is 5.77. The van der Waals surface area contributed by atoms with Crippen LogP contribution in [0.4, 0.5) is 14.5 Å². The van der Waals surface area contributed by atoms with Gasteiger partial charge >= 0.3 is 6.61 Å². The standard InChI is InChI=1S/C17H17F2NO3S/c18-17(19)23-15-8-6-13(7-9-15)20-16(21)12-24-11-10-22-14-4-2-1-3-5-14/h1-9,17H,10-12H2,(H,20,21). The Morgan fingerprint density at radius 2 is 1.75 bits per heavy atom. The van der Waals surface area contributed by atoms with E-state index in [1.54, 1.807) is 0 Å². The van der Waals surface area contributed by atoms with Gasteiger partial charge in [0.05, 0.1) is 12.4 Å². The number of hydrogen-bond acceptors (Lipinski definition) is 4. The SMILES string of the molecule is O=C(CSCCOc1ccccc1)Nc1ccc(OC(F)F)cc1. The lowest BCUT2D eigenvalue weighted by molar-refractivity contribution is -0.113. The molecule has 0 atom stereocenters. The van der Waals surface area contributed by atoms with Crippen molar-refractivity contribution in [2.45, 2.75) is 6.61 Å². The van der Waals surface area contributed by atoms with Crippen LogP contribution in [0.15, 0.2) is 54.6 Å². The van der Waals surface area contributed by atoms with Crippen molar-refractivity contribution in [2.75, 3.05) is 23.4 Å². The van der Waals surface area contributed by atoms with E-state index in [4.69, 9.17) is 4.74 Å². The van der Waals surface area contributed by atoms with Crippen molar-refractivity contribution in [1.29, 1.82) is 0 Å². The molecule has 0 heterocycles. The molecule has 2 aromatic rings. The van der Waals surface area contributed by atoms with Crippen LogP contribution in [0.2, 0.25) is 0 Å². The van der Waals surface area contributed by atoms with Crippen LogP contribution in [0.3, 0.4) is 0 Å². The molecule has 2 aromatic carbocycles. The first-order valence-corrected chi connectivity index (χ1v) is 8.39. The number of alkyl halides is 2. The quantitative estimate of drug-likeness (QED) is 0.691. The number of nitrogens with one attached hydrogen (secondary N) is 1. The van der Waals surface area contributed by atoms with Gasteiger partial charge in [-0.2, -0.15) is 8.78 Å². The van der Waals surface area contributed by atoms with Crippen LogP contribution in [0, 0.1) is 0 Å². The Hall–Kier alpha value is -2.28.